The van der Waals surface area contributed by atoms with E-state index in [1.165, 1.54) is 12.1 Å². The highest BCUT2D eigenvalue weighted by Crippen LogP contribution is 2.25. The number of hydrogen-bond donors (Lipinski definition) is 0. The minimum Gasteiger partial charge on any atom is -0.341 e. The largest absolute Gasteiger partial charge is 0.341 e. The van der Waals surface area contributed by atoms with Crippen molar-refractivity contribution in [2.45, 2.75) is 38.6 Å². The topological polar surface area (TPSA) is 40.6 Å². The van der Waals surface area contributed by atoms with E-state index in [1.807, 2.05) is 4.90 Å². The summed E-state index contributed by atoms with van der Waals surface area (Å²) < 4.78 is 13.9. The molecule has 0 unspecified atom stereocenters. The van der Waals surface area contributed by atoms with E-state index in [-0.39, 0.29) is 17.4 Å². The number of carbonyl (C=O) groups excluding carboxylic acids is 2. The van der Waals surface area contributed by atoms with Gasteiger partial charge in [0.15, 0.2) is 0 Å². The van der Waals surface area contributed by atoms with Crippen LogP contribution in [-0.4, -0.2) is 47.3 Å². The number of nitrogens with zero attached hydrogens (tertiary/aromatic N) is 2. The fourth-order valence-corrected chi connectivity index (χ4v) is 3.50. The van der Waals surface area contributed by atoms with Crippen LogP contribution < -0.4 is 0 Å². The molecule has 1 aromatic rings. The lowest BCUT2D eigenvalue weighted by Crippen LogP contribution is -2.50. The maximum absolute atomic E-state index is 13.9. The molecule has 3 rings (SSSR count). The van der Waals surface area contributed by atoms with Crippen molar-refractivity contribution in [1.29, 1.82) is 0 Å². The Kier molecular flexibility index (Phi) is 4.64. The minimum absolute atomic E-state index is 0.0269. The molecule has 124 valence electrons. The highest BCUT2D eigenvalue weighted by molar-refractivity contribution is 5.98. The number of piperidine rings is 1. The van der Waals surface area contributed by atoms with Crippen molar-refractivity contribution in [1.82, 2.24) is 9.80 Å². The Hall–Kier alpha value is -1.91. The Morgan fingerprint density at radius 3 is 2.48 bits per heavy atom. The molecule has 2 amide bonds. The van der Waals surface area contributed by atoms with Gasteiger partial charge in [-0.05, 0) is 43.7 Å². The first-order valence-electron chi connectivity index (χ1n) is 8.42. The number of hydrogen-bond acceptors (Lipinski definition) is 2. The van der Waals surface area contributed by atoms with Gasteiger partial charge >= 0.3 is 0 Å². The maximum Gasteiger partial charge on any atom is 0.257 e. The second kappa shape index (κ2) is 6.69. The third-order valence-corrected chi connectivity index (χ3v) is 5.00. The Morgan fingerprint density at radius 2 is 1.78 bits per heavy atom. The zero-order valence-electron chi connectivity index (χ0n) is 13.5. The lowest BCUT2D eigenvalue weighted by Gasteiger charge is -2.34. The summed E-state index contributed by atoms with van der Waals surface area (Å²) in [7, 11) is 0. The van der Waals surface area contributed by atoms with Crippen LogP contribution in [0.1, 0.15) is 43.0 Å². The second-order valence-corrected chi connectivity index (χ2v) is 6.64. The number of benzene rings is 1. The Balaban J connectivity index is 1.74. The molecule has 1 aromatic carbocycles. The first kappa shape index (κ1) is 16.0. The van der Waals surface area contributed by atoms with E-state index in [0.717, 1.165) is 32.4 Å². The van der Waals surface area contributed by atoms with Gasteiger partial charge in [0, 0.05) is 19.6 Å². The summed E-state index contributed by atoms with van der Waals surface area (Å²) in [5.41, 5.74) is 0.0551. The summed E-state index contributed by atoms with van der Waals surface area (Å²) in [6.07, 6.45) is 3.49. The molecule has 5 heteroatoms. The van der Waals surface area contributed by atoms with Crippen LogP contribution in [0.4, 0.5) is 4.39 Å². The monoisotopic (exact) mass is 318 g/mol. The summed E-state index contributed by atoms with van der Waals surface area (Å²) in [6, 6.07) is 5.55. The highest BCUT2D eigenvalue weighted by atomic mass is 19.1. The molecule has 4 nitrogen and oxygen atoms in total. The molecule has 1 atom stereocenters. The minimum atomic E-state index is -0.526. The van der Waals surface area contributed by atoms with Gasteiger partial charge in [0.05, 0.1) is 5.56 Å². The first-order valence-corrected chi connectivity index (χ1v) is 8.42. The Bertz CT molecular complexity index is 596. The van der Waals surface area contributed by atoms with E-state index >= 15 is 0 Å². The van der Waals surface area contributed by atoms with Gasteiger partial charge in [-0.1, -0.05) is 19.1 Å². The first-order chi connectivity index (χ1) is 11.1. The molecule has 2 aliphatic heterocycles. The van der Waals surface area contributed by atoms with Crippen LogP contribution in [0.5, 0.6) is 0 Å². The molecule has 0 aliphatic carbocycles. The zero-order valence-corrected chi connectivity index (χ0v) is 13.5. The standard InChI is InChI=1S/C18H23FN2O2/c1-13-8-11-20(12-9-13)18(23)16-7-4-10-21(16)17(22)14-5-2-3-6-15(14)19/h2-3,5-6,13,16H,4,7-12H2,1H3/t16-/m0/s1. The molecule has 0 N–H and O–H groups in total. The van der Waals surface area contributed by atoms with Crippen LogP contribution in [0, 0.1) is 11.7 Å². The van der Waals surface area contributed by atoms with Gasteiger partial charge < -0.3 is 9.80 Å². The van der Waals surface area contributed by atoms with Crippen molar-refractivity contribution in [3.05, 3.63) is 35.6 Å². The number of rotatable bonds is 2. The van der Waals surface area contributed by atoms with Crippen molar-refractivity contribution >= 4 is 11.8 Å². The lowest BCUT2D eigenvalue weighted by molar-refractivity contribution is -0.136. The number of carbonyl (C=O) groups is 2. The van der Waals surface area contributed by atoms with Gasteiger partial charge in [-0.3, -0.25) is 9.59 Å². The molecule has 2 saturated heterocycles. The van der Waals surface area contributed by atoms with Crippen LogP contribution in [0.15, 0.2) is 24.3 Å². The number of likely N-dealkylation sites (tertiary alicyclic amines) is 2. The average Bonchev–Trinajstić information content (AvgIpc) is 3.04. The third-order valence-electron chi connectivity index (χ3n) is 5.00. The summed E-state index contributed by atoms with van der Waals surface area (Å²) in [5, 5.41) is 0. The molecule has 0 aromatic heterocycles. The van der Waals surface area contributed by atoms with Gasteiger partial charge in [0.1, 0.15) is 11.9 Å². The molecule has 0 radical (unpaired) electrons. The molecule has 2 aliphatic rings. The quantitative estimate of drug-likeness (QED) is 0.841. The SMILES string of the molecule is CC1CCN(C(=O)[C@@H]2CCCN2C(=O)c2ccccc2F)CC1. The summed E-state index contributed by atoms with van der Waals surface area (Å²) >= 11 is 0. The fraction of sp³-hybridized carbons (Fsp3) is 0.556. The number of amides is 2. The summed E-state index contributed by atoms with van der Waals surface area (Å²) in [5.74, 6) is -0.218. The molecular formula is C18H23FN2O2. The van der Waals surface area contributed by atoms with Crippen LogP contribution in [-0.2, 0) is 4.79 Å². The van der Waals surface area contributed by atoms with Crippen molar-refractivity contribution in [3.8, 4) is 0 Å². The summed E-state index contributed by atoms with van der Waals surface area (Å²) in [4.78, 5) is 28.8. The van der Waals surface area contributed by atoms with E-state index in [2.05, 4.69) is 6.92 Å². The van der Waals surface area contributed by atoms with Gasteiger partial charge in [0.25, 0.3) is 5.91 Å². The van der Waals surface area contributed by atoms with Gasteiger partial charge in [0.2, 0.25) is 5.91 Å². The van der Waals surface area contributed by atoms with Crippen molar-refractivity contribution in [2.75, 3.05) is 19.6 Å². The molecule has 0 saturated carbocycles. The normalized spacial score (nSPS) is 22.4. The van der Waals surface area contributed by atoms with Gasteiger partial charge in [-0.2, -0.15) is 0 Å². The fourth-order valence-electron chi connectivity index (χ4n) is 3.50. The molecular weight excluding hydrogens is 295 g/mol. The van der Waals surface area contributed by atoms with Crippen LogP contribution in [0.25, 0.3) is 0 Å². The molecule has 23 heavy (non-hydrogen) atoms. The van der Waals surface area contributed by atoms with Crippen LogP contribution in [0.2, 0.25) is 0 Å². The van der Waals surface area contributed by atoms with Gasteiger partial charge in [-0.25, -0.2) is 4.39 Å². The van der Waals surface area contributed by atoms with Crippen molar-refractivity contribution in [2.24, 2.45) is 5.92 Å². The highest BCUT2D eigenvalue weighted by Gasteiger charge is 2.38. The average molecular weight is 318 g/mol. The molecule has 0 bridgehead atoms. The predicted molar refractivity (Wildman–Crippen MR) is 85.4 cm³/mol. The number of halogens is 1. The summed E-state index contributed by atoms with van der Waals surface area (Å²) in [6.45, 7) is 4.25. The second-order valence-electron chi connectivity index (χ2n) is 6.64. The predicted octanol–water partition coefficient (Wildman–Crippen LogP) is 2.69. The van der Waals surface area contributed by atoms with E-state index in [4.69, 9.17) is 0 Å². The third kappa shape index (κ3) is 3.23. The Labute approximate surface area is 136 Å². The molecule has 0 spiro atoms. The van der Waals surface area contributed by atoms with E-state index < -0.39 is 11.9 Å². The van der Waals surface area contributed by atoms with Crippen molar-refractivity contribution in [3.63, 3.8) is 0 Å². The maximum atomic E-state index is 13.9. The van der Waals surface area contributed by atoms with E-state index in [1.54, 1.807) is 17.0 Å². The van der Waals surface area contributed by atoms with Gasteiger partial charge in [-0.15, -0.1) is 0 Å². The molecule has 2 fully saturated rings. The smallest absolute Gasteiger partial charge is 0.257 e. The van der Waals surface area contributed by atoms with E-state index in [9.17, 15) is 14.0 Å². The lowest BCUT2D eigenvalue weighted by atomic mass is 9.98. The van der Waals surface area contributed by atoms with Crippen molar-refractivity contribution < 1.29 is 14.0 Å². The Morgan fingerprint density at radius 1 is 1.09 bits per heavy atom. The molecule has 2 heterocycles. The van der Waals surface area contributed by atoms with Crippen LogP contribution in [0.3, 0.4) is 0 Å². The van der Waals surface area contributed by atoms with Crippen LogP contribution >= 0.6 is 0 Å². The zero-order chi connectivity index (χ0) is 16.4. The van der Waals surface area contributed by atoms with E-state index in [0.29, 0.717) is 18.9 Å².